The molecule has 4 heteroatoms. The molecule has 0 atom stereocenters. The molecule has 0 aromatic carbocycles. The van der Waals surface area contributed by atoms with Gasteiger partial charge in [0.15, 0.2) is 0 Å². The van der Waals surface area contributed by atoms with Gasteiger partial charge in [0, 0.05) is 19.2 Å². The van der Waals surface area contributed by atoms with Crippen molar-refractivity contribution in [3.8, 4) is 0 Å². The summed E-state index contributed by atoms with van der Waals surface area (Å²) in [7, 11) is 0. The van der Waals surface area contributed by atoms with Crippen molar-refractivity contribution in [3.05, 3.63) is 17.0 Å². The molecule has 0 saturated heterocycles. The van der Waals surface area contributed by atoms with E-state index in [4.69, 9.17) is 11.6 Å². The first-order valence-corrected chi connectivity index (χ1v) is 4.81. The van der Waals surface area contributed by atoms with Crippen LogP contribution in [0.4, 0.5) is 5.82 Å². The molecule has 13 heavy (non-hydrogen) atoms. The largest absolute Gasteiger partial charge is 0.357 e. The molecule has 3 nitrogen and oxygen atoms in total. The fraction of sp³-hybridized carbons (Fsp3) is 0.556. The van der Waals surface area contributed by atoms with E-state index in [9.17, 15) is 0 Å². The highest BCUT2D eigenvalue weighted by molar-refractivity contribution is 6.29. The van der Waals surface area contributed by atoms with Crippen molar-refractivity contribution >= 4 is 17.4 Å². The van der Waals surface area contributed by atoms with Gasteiger partial charge in [0.05, 0.1) is 0 Å². The molecule has 1 aromatic rings. The molecule has 0 amide bonds. The van der Waals surface area contributed by atoms with Crippen LogP contribution in [0.25, 0.3) is 0 Å². The second-order valence-electron chi connectivity index (χ2n) is 2.77. The average molecular weight is 200 g/mol. The van der Waals surface area contributed by atoms with E-state index < -0.39 is 0 Å². The Morgan fingerprint density at radius 1 is 1.31 bits per heavy atom. The van der Waals surface area contributed by atoms with Gasteiger partial charge in [0.2, 0.25) is 0 Å². The quantitative estimate of drug-likeness (QED) is 0.700. The number of halogens is 1. The van der Waals surface area contributed by atoms with Crippen molar-refractivity contribution in [1.29, 1.82) is 0 Å². The minimum absolute atomic E-state index is 0.509. The van der Waals surface area contributed by atoms with Gasteiger partial charge >= 0.3 is 0 Å². The van der Waals surface area contributed by atoms with Gasteiger partial charge < -0.3 is 4.90 Å². The number of aryl methyl sites for hydroxylation is 1. The molecule has 1 aromatic heterocycles. The zero-order valence-corrected chi connectivity index (χ0v) is 8.97. The molecular formula is C9H14ClN3. The van der Waals surface area contributed by atoms with Crippen LogP contribution >= 0.6 is 11.6 Å². The zero-order chi connectivity index (χ0) is 9.84. The summed E-state index contributed by atoms with van der Waals surface area (Å²) >= 11 is 5.83. The lowest BCUT2D eigenvalue weighted by molar-refractivity contribution is 0.834. The lowest BCUT2D eigenvalue weighted by Gasteiger charge is -2.19. The number of hydrogen-bond acceptors (Lipinski definition) is 3. The summed E-state index contributed by atoms with van der Waals surface area (Å²) in [6.07, 6.45) is 0. The van der Waals surface area contributed by atoms with Crippen LogP contribution in [-0.2, 0) is 0 Å². The maximum atomic E-state index is 5.83. The number of nitrogens with zero attached hydrogens (tertiary/aromatic N) is 3. The molecule has 1 rings (SSSR count). The molecule has 0 N–H and O–H groups in total. The van der Waals surface area contributed by atoms with E-state index in [1.165, 1.54) is 0 Å². The Morgan fingerprint density at radius 2 is 1.92 bits per heavy atom. The third-order valence-corrected chi connectivity index (χ3v) is 2.07. The minimum atomic E-state index is 0.509. The molecule has 0 unspecified atom stereocenters. The Morgan fingerprint density at radius 3 is 2.38 bits per heavy atom. The summed E-state index contributed by atoms with van der Waals surface area (Å²) in [5, 5.41) is 0.509. The minimum Gasteiger partial charge on any atom is -0.357 e. The Balaban J connectivity index is 2.99. The van der Waals surface area contributed by atoms with E-state index in [-0.39, 0.29) is 0 Å². The maximum Gasteiger partial charge on any atom is 0.134 e. The standard InChI is InChI=1S/C9H14ClN3/c1-4-13(5-2)9-6-8(10)11-7(3)12-9/h6H,4-5H2,1-3H3. The highest BCUT2D eigenvalue weighted by Crippen LogP contribution is 2.15. The van der Waals surface area contributed by atoms with Crippen LogP contribution < -0.4 is 4.90 Å². The van der Waals surface area contributed by atoms with Crippen molar-refractivity contribution in [1.82, 2.24) is 9.97 Å². The van der Waals surface area contributed by atoms with Gasteiger partial charge in [0.25, 0.3) is 0 Å². The molecule has 0 aliphatic rings. The first kappa shape index (κ1) is 10.3. The van der Waals surface area contributed by atoms with Gasteiger partial charge in [-0.05, 0) is 20.8 Å². The molecule has 1 heterocycles. The SMILES string of the molecule is CCN(CC)c1cc(Cl)nc(C)n1. The molecule has 0 spiro atoms. The summed E-state index contributed by atoms with van der Waals surface area (Å²) in [5.74, 6) is 1.62. The monoisotopic (exact) mass is 199 g/mol. The highest BCUT2D eigenvalue weighted by atomic mass is 35.5. The Hall–Kier alpha value is -0.830. The van der Waals surface area contributed by atoms with Crippen LogP contribution in [-0.4, -0.2) is 23.1 Å². The van der Waals surface area contributed by atoms with Gasteiger partial charge in [-0.25, -0.2) is 9.97 Å². The second kappa shape index (κ2) is 4.42. The first-order chi connectivity index (χ1) is 6.17. The molecule has 0 saturated carbocycles. The fourth-order valence-electron chi connectivity index (χ4n) is 1.23. The molecule has 0 fully saturated rings. The zero-order valence-electron chi connectivity index (χ0n) is 8.21. The van der Waals surface area contributed by atoms with Crippen LogP contribution in [0.1, 0.15) is 19.7 Å². The van der Waals surface area contributed by atoms with Crippen LogP contribution in [0.15, 0.2) is 6.07 Å². The fourth-order valence-corrected chi connectivity index (χ4v) is 1.45. The Kier molecular flexibility index (Phi) is 3.48. The predicted molar refractivity (Wildman–Crippen MR) is 55.3 cm³/mol. The predicted octanol–water partition coefficient (Wildman–Crippen LogP) is 2.28. The topological polar surface area (TPSA) is 29.0 Å². The van der Waals surface area contributed by atoms with Gasteiger partial charge in [-0.15, -0.1) is 0 Å². The molecule has 0 aliphatic heterocycles. The summed E-state index contributed by atoms with van der Waals surface area (Å²) in [6, 6.07) is 1.79. The maximum absolute atomic E-state index is 5.83. The van der Waals surface area contributed by atoms with Crippen LogP contribution in [0.3, 0.4) is 0 Å². The van der Waals surface area contributed by atoms with Crippen molar-refractivity contribution in [2.75, 3.05) is 18.0 Å². The van der Waals surface area contributed by atoms with Gasteiger partial charge in [-0.3, -0.25) is 0 Å². The highest BCUT2D eigenvalue weighted by Gasteiger charge is 2.05. The third-order valence-electron chi connectivity index (χ3n) is 1.88. The van der Waals surface area contributed by atoms with Crippen LogP contribution in [0.5, 0.6) is 0 Å². The molecule has 0 bridgehead atoms. The summed E-state index contributed by atoms with van der Waals surface area (Å²) in [6.45, 7) is 7.90. The molecule has 72 valence electrons. The van der Waals surface area contributed by atoms with E-state index in [0.717, 1.165) is 24.7 Å². The van der Waals surface area contributed by atoms with Crippen LogP contribution in [0, 0.1) is 6.92 Å². The van der Waals surface area contributed by atoms with Gasteiger partial charge in [-0.1, -0.05) is 11.6 Å². The molecule has 0 radical (unpaired) electrons. The summed E-state index contributed by atoms with van der Waals surface area (Å²) < 4.78 is 0. The van der Waals surface area contributed by atoms with Crippen molar-refractivity contribution in [2.24, 2.45) is 0 Å². The molecule has 0 aliphatic carbocycles. The van der Waals surface area contributed by atoms with Gasteiger partial charge in [0.1, 0.15) is 16.8 Å². The summed E-state index contributed by atoms with van der Waals surface area (Å²) in [4.78, 5) is 10.5. The van der Waals surface area contributed by atoms with Crippen molar-refractivity contribution in [3.63, 3.8) is 0 Å². The van der Waals surface area contributed by atoms with E-state index in [0.29, 0.717) is 5.15 Å². The number of aromatic nitrogens is 2. The van der Waals surface area contributed by atoms with Gasteiger partial charge in [-0.2, -0.15) is 0 Å². The Bertz CT molecular complexity index is 264. The van der Waals surface area contributed by atoms with E-state index in [1.807, 2.05) is 6.92 Å². The van der Waals surface area contributed by atoms with E-state index in [1.54, 1.807) is 6.07 Å². The molecular weight excluding hydrogens is 186 g/mol. The van der Waals surface area contributed by atoms with Crippen molar-refractivity contribution < 1.29 is 0 Å². The third kappa shape index (κ3) is 2.56. The lowest BCUT2D eigenvalue weighted by atomic mass is 10.4. The summed E-state index contributed by atoms with van der Waals surface area (Å²) in [5.41, 5.74) is 0. The number of anilines is 1. The lowest BCUT2D eigenvalue weighted by Crippen LogP contribution is -2.23. The Labute approximate surface area is 83.8 Å². The average Bonchev–Trinajstić information content (AvgIpc) is 2.04. The number of rotatable bonds is 3. The van der Waals surface area contributed by atoms with Crippen molar-refractivity contribution in [2.45, 2.75) is 20.8 Å². The van der Waals surface area contributed by atoms with Crippen LogP contribution in [0.2, 0.25) is 5.15 Å². The first-order valence-electron chi connectivity index (χ1n) is 4.43. The normalized spacial score (nSPS) is 10.2. The van der Waals surface area contributed by atoms with E-state index >= 15 is 0 Å². The van der Waals surface area contributed by atoms with E-state index in [2.05, 4.69) is 28.7 Å². The second-order valence-corrected chi connectivity index (χ2v) is 3.16. The smallest absolute Gasteiger partial charge is 0.134 e. The number of hydrogen-bond donors (Lipinski definition) is 0.